The van der Waals surface area contributed by atoms with Gasteiger partial charge in [-0.15, -0.1) is 0 Å². The Morgan fingerprint density at radius 1 is 0.944 bits per heavy atom. The molecule has 5 rings (SSSR count). The number of oxazole rings is 1. The van der Waals surface area contributed by atoms with E-state index in [-0.39, 0.29) is 11.7 Å². The monoisotopic (exact) mass is 518 g/mol. The van der Waals surface area contributed by atoms with Crippen LogP contribution in [-0.2, 0) is 4.79 Å². The number of rotatable bonds is 7. The second-order valence-electron chi connectivity index (χ2n) is 8.65. The number of benzene rings is 3. The zero-order chi connectivity index (χ0) is 24.9. The molecular formula is C28H27ClN4O2S. The standard InChI is InChI=1S/C28H27ClN4O2S/c1-32-15-17-33(18-16-32)26-22(29)13-8-14-23(26)30-24(34)19-36-28-31-25(20-9-4-2-5-10-20)27(35-28)21-11-6-3-7-12-21/h2-14H,15-19H2,1H3,(H,30,34). The van der Waals surface area contributed by atoms with Crippen LogP contribution in [0, 0.1) is 0 Å². The van der Waals surface area contributed by atoms with E-state index in [2.05, 4.69) is 22.2 Å². The van der Waals surface area contributed by atoms with Crippen molar-refractivity contribution in [3.8, 4) is 22.6 Å². The van der Waals surface area contributed by atoms with Crippen LogP contribution in [0.25, 0.3) is 22.6 Å². The van der Waals surface area contributed by atoms with Crippen molar-refractivity contribution >= 4 is 40.6 Å². The van der Waals surface area contributed by atoms with Gasteiger partial charge in [-0.05, 0) is 19.2 Å². The fourth-order valence-electron chi connectivity index (χ4n) is 4.22. The van der Waals surface area contributed by atoms with Gasteiger partial charge in [0.15, 0.2) is 5.76 Å². The van der Waals surface area contributed by atoms with Gasteiger partial charge in [-0.25, -0.2) is 4.98 Å². The van der Waals surface area contributed by atoms with Gasteiger partial charge in [0.25, 0.3) is 5.22 Å². The van der Waals surface area contributed by atoms with Crippen molar-refractivity contribution in [3.63, 3.8) is 0 Å². The maximum absolute atomic E-state index is 12.9. The van der Waals surface area contributed by atoms with E-state index in [9.17, 15) is 4.79 Å². The van der Waals surface area contributed by atoms with E-state index in [0.717, 1.165) is 54.4 Å². The number of nitrogens with one attached hydrogen (secondary N) is 1. The fraction of sp³-hybridized carbons (Fsp3) is 0.214. The molecule has 36 heavy (non-hydrogen) atoms. The second-order valence-corrected chi connectivity index (χ2v) is 9.99. The third kappa shape index (κ3) is 5.59. The summed E-state index contributed by atoms with van der Waals surface area (Å²) in [5.74, 6) is 0.716. The zero-order valence-corrected chi connectivity index (χ0v) is 21.6. The first kappa shape index (κ1) is 24.4. The molecule has 4 aromatic rings. The third-order valence-corrected chi connectivity index (χ3v) is 7.23. The van der Waals surface area contributed by atoms with E-state index in [1.165, 1.54) is 11.8 Å². The lowest BCUT2D eigenvalue weighted by Gasteiger charge is -2.35. The highest BCUT2D eigenvalue weighted by molar-refractivity contribution is 7.99. The third-order valence-electron chi connectivity index (χ3n) is 6.10. The summed E-state index contributed by atoms with van der Waals surface area (Å²) in [6, 6.07) is 25.4. The summed E-state index contributed by atoms with van der Waals surface area (Å²) in [5, 5.41) is 4.13. The minimum Gasteiger partial charge on any atom is -0.431 e. The molecule has 1 N–H and O–H groups in total. The number of thioether (sulfide) groups is 1. The quantitative estimate of drug-likeness (QED) is 0.296. The number of amides is 1. The molecule has 3 aromatic carbocycles. The van der Waals surface area contributed by atoms with E-state index < -0.39 is 0 Å². The Morgan fingerprint density at radius 2 is 1.61 bits per heavy atom. The summed E-state index contributed by atoms with van der Waals surface area (Å²) in [4.78, 5) is 22.2. The van der Waals surface area contributed by atoms with E-state index in [1.807, 2.05) is 78.9 Å². The van der Waals surface area contributed by atoms with Crippen molar-refractivity contribution in [1.29, 1.82) is 0 Å². The minimum atomic E-state index is -0.140. The number of aromatic nitrogens is 1. The molecule has 0 aliphatic carbocycles. The Morgan fingerprint density at radius 3 is 2.31 bits per heavy atom. The first-order valence-electron chi connectivity index (χ1n) is 11.8. The van der Waals surface area contributed by atoms with Crippen LogP contribution in [0.3, 0.4) is 0 Å². The second kappa shape index (κ2) is 11.2. The maximum Gasteiger partial charge on any atom is 0.257 e. The number of nitrogens with zero attached hydrogens (tertiary/aromatic N) is 3. The normalized spacial score (nSPS) is 14.1. The highest BCUT2D eigenvalue weighted by Crippen LogP contribution is 2.37. The SMILES string of the molecule is CN1CCN(c2c(Cl)cccc2NC(=O)CSc2nc(-c3ccccc3)c(-c3ccccc3)o2)CC1. The molecule has 0 bridgehead atoms. The largest absolute Gasteiger partial charge is 0.431 e. The van der Waals surface area contributed by atoms with Crippen LogP contribution >= 0.6 is 23.4 Å². The van der Waals surface area contributed by atoms with Gasteiger partial charge in [-0.2, -0.15) is 0 Å². The topological polar surface area (TPSA) is 61.6 Å². The summed E-state index contributed by atoms with van der Waals surface area (Å²) < 4.78 is 6.14. The van der Waals surface area contributed by atoms with Gasteiger partial charge in [0.05, 0.1) is 22.2 Å². The molecule has 0 saturated carbocycles. The summed E-state index contributed by atoms with van der Waals surface area (Å²) in [5.41, 5.74) is 4.26. The lowest BCUT2D eigenvalue weighted by Crippen LogP contribution is -2.44. The Balaban J connectivity index is 1.32. The molecule has 1 fully saturated rings. The number of hydrogen-bond donors (Lipinski definition) is 1. The number of para-hydroxylation sites is 1. The molecule has 8 heteroatoms. The molecule has 1 aliphatic heterocycles. The summed E-state index contributed by atoms with van der Waals surface area (Å²) in [6.07, 6.45) is 0. The number of carbonyl (C=O) groups excluding carboxylic acids is 1. The zero-order valence-electron chi connectivity index (χ0n) is 20.0. The molecule has 0 atom stereocenters. The predicted molar refractivity (Wildman–Crippen MR) is 148 cm³/mol. The van der Waals surface area contributed by atoms with Crippen molar-refractivity contribution in [1.82, 2.24) is 9.88 Å². The first-order valence-corrected chi connectivity index (χ1v) is 13.2. The number of hydrogen-bond acceptors (Lipinski definition) is 6. The van der Waals surface area contributed by atoms with Crippen molar-refractivity contribution < 1.29 is 9.21 Å². The van der Waals surface area contributed by atoms with Crippen LogP contribution in [0.4, 0.5) is 11.4 Å². The van der Waals surface area contributed by atoms with Crippen LogP contribution in [0.15, 0.2) is 88.5 Å². The highest BCUT2D eigenvalue weighted by Gasteiger charge is 2.22. The molecule has 1 aromatic heterocycles. The Labute approximate surface area is 220 Å². The van der Waals surface area contributed by atoms with Crippen LogP contribution < -0.4 is 10.2 Å². The molecule has 2 heterocycles. The van der Waals surface area contributed by atoms with Gasteiger partial charge in [0.1, 0.15) is 5.69 Å². The van der Waals surface area contributed by atoms with Crippen LogP contribution in [-0.4, -0.2) is 54.8 Å². The summed E-state index contributed by atoms with van der Waals surface area (Å²) >= 11 is 7.83. The minimum absolute atomic E-state index is 0.140. The number of halogens is 1. The van der Waals surface area contributed by atoms with Gasteiger partial charge < -0.3 is 19.5 Å². The first-order chi connectivity index (χ1) is 17.6. The molecular weight excluding hydrogens is 492 g/mol. The van der Waals surface area contributed by atoms with E-state index >= 15 is 0 Å². The van der Waals surface area contributed by atoms with E-state index in [1.54, 1.807) is 0 Å². The molecule has 1 saturated heterocycles. The molecule has 0 radical (unpaired) electrons. The van der Waals surface area contributed by atoms with Crippen LogP contribution in [0.1, 0.15) is 0 Å². The van der Waals surface area contributed by atoms with Gasteiger partial charge in [0.2, 0.25) is 5.91 Å². The van der Waals surface area contributed by atoms with Crippen LogP contribution in [0.5, 0.6) is 0 Å². The molecule has 6 nitrogen and oxygen atoms in total. The molecule has 1 aliphatic rings. The lowest BCUT2D eigenvalue weighted by molar-refractivity contribution is -0.113. The van der Waals surface area contributed by atoms with Crippen molar-refractivity contribution in [3.05, 3.63) is 83.9 Å². The maximum atomic E-state index is 12.9. The van der Waals surface area contributed by atoms with Gasteiger partial charge in [-0.3, -0.25) is 4.79 Å². The van der Waals surface area contributed by atoms with Gasteiger partial charge >= 0.3 is 0 Å². The van der Waals surface area contributed by atoms with Crippen molar-refractivity contribution in [2.75, 3.05) is 49.2 Å². The number of likely N-dealkylation sites (N-methyl/N-ethyl adjacent to an activating group) is 1. The van der Waals surface area contributed by atoms with Crippen molar-refractivity contribution in [2.24, 2.45) is 0 Å². The van der Waals surface area contributed by atoms with Crippen LogP contribution in [0.2, 0.25) is 5.02 Å². The smallest absolute Gasteiger partial charge is 0.257 e. The number of anilines is 2. The fourth-order valence-corrected chi connectivity index (χ4v) is 5.14. The van der Waals surface area contributed by atoms with Gasteiger partial charge in [0, 0.05) is 37.3 Å². The predicted octanol–water partition coefficient (Wildman–Crippen LogP) is 6.14. The average Bonchev–Trinajstić information content (AvgIpc) is 3.34. The summed E-state index contributed by atoms with van der Waals surface area (Å²) in [6.45, 7) is 3.62. The summed E-state index contributed by atoms with van der Waals surface area (Å²) in [7, 11) is 2.11. The molecule has 0 spiro atoms. The number of carbonyl (C=O) groups is 1. The Hall–Kier alpha value is -3.26. The average molecular weight is 519 g/mol. The molecule has 184 valence electrons. The molecule has 1 amide bonds. The Bertz CT molecular complexity index is 1270. The van der Waals surface area contributed by atoms with Gasteiger partial charge in [-0.1, -0.05) is 90.1 Å². The van der Waals surface area contributed by atoms with E-state index in [4.69, 9.17) is 21.0 Å². The Kier molecular flexibility index (Phi) is 7.60. The number of piperazine rings is 1. The van der Waals surface area contributed by atoms with E-state index in [0.29, 0.717) is 16.0 Å². The molecule has 0 unspecified atom stereocenters. The lowest BCUT2D eigenvalue weighted by atomic mass is 10.1. The highest BCUT2D eigenvalue weighted by atomic mass is 35.5. The van der Waals surface area contributed by atoms with Crippen molar-refractivity contribution in [2.45, 2.75) is 5.22 Å².